The van der Waals surface area contributed by atoms with Gasteiger partial charge in [0.15, 0.2) is 0 Å². The van der Waals surface area contributed by atoms with E-state index in [2.05, 4.69) is 0 Å². The molecule has 0 unspecified atom stereocenters. The normalized spacial score (nSPS) is 9.40. The standard InChI is InChI=1S/2C7H8ClNO/c1-10-7-3-2-5(8)4-6(7)9;1-10-7-4-5(8)2-3-6(7)9/h2*2-4H,9H2,1H3. The van der Waals surface area contributed by atoms with Crippen molar-refractivity contribution < 1.29 is 9.47 Å². The Morgan fingerprint density at radius 2 is 1.30 bits per heavy atom. The van der Waals surface area contributed by atoms with Gasteiger partial charge in [0, 0.05) is 16.1 Å². The van der Waals surface area contributed by atoms with Crippen LogP contribution in [-0.2, 0) is 0 Å². The lowest BCUT2D eigenvalue weighted by Gasteiger charge is -2.02. The molecular weight excluding hydrogens is 299 g/mol. The third-order valence-electron chi connectivity index (χ3n) is 2.39. The number of benzene rings is 2. The first-order valence-corrected chi connectivity index (χ1v) is 6.41. The molecule has 0 aliphatic heterocycles. The number of halogens is 2. The van der Waals surface area contributed by atoms with E-state index in [1.807, 2.05) is 0 Å². The van der Waals surface area contributed by atoms with E-state index in [0.717, 1.165) is 0 Å². The quantitative estimate of drug-likeness (QED) is 0.826. The predicted molar refractivity (Wildman–Crippen MR) is 84.8 cm³/mol. The molecule has 2 rings (SSSR count). The Kier molecular flexibility index (Phi) is 6.28. The maximum absolute atomic E-state index is 5.66. The van der Waals surface area contributed by atoms with E-state index in [1.54, 1.807) is 50.6 Å². The largest absolute Gasteiger partial charge is 0.495 e. The van der Waals surface area contributed by atoms with E-state index >= 15 is 0 Å². The maximum atomic E-state index is 5.66. The molecule has 0 amide bonds. The highest BCUT2D eigenvalue weighted by molar-refractivity contribution is 6.31. The molecule has 20 heavy (non-hydrogen) atoms. The van der Waals surface area contributed by atoms with Crippen molar-refractivity contribution >= 4 is 34.6 Å². The van der Waals surface area contributed by atoms with Gasteiger partial charge in [-0.05, 0) is 30.3 Å². The maximum Gasteiger partial charge on any atom is 0.143 e. The molecule has 0 atom stereocenters. The van der Waals surface area contributed by atoms with Gasteiger partial charge in [-0.1, -0.05) is 23.2 Å². The second-order valence-electron chi connectivity index (χ2n) is 3.77. The molecule has 2 aromatic rings. The van der Waals surface area contributed by atoms with E-state index in [9.17, 15) is 0 Å². The van der Waals surface area contributed by atoms with Gasteiger partial charge < -0.3 is 20.9 Å². The lowest BCUT2D eigenvalue weighted by Crippen LogP contribution is -1.90. The van der Waals surface area contributed by atoms with E-state index in [1.165, 1.54) is 0 Å². The fraction of sp³-hybridized carbons (Fsp3) is 0.143. The molecule has 6 heteroatoms. The third-order valence-corrected chi connectivity index (χ3v) is 2.86. The Bertz CT molecular complexity index is 577. The first-order valence-electron chi connectivity index (χ1n) is 5.66. The van der Waals surface area contributed by atoms with Crippen LogP contribution in [-0.4, -0.2) is 14.2 Å². The minimum absolute atomic E-state index is 0.565. The monoisotopic (exact) mass is 314 g/mol. The van der Waals surface area contributed by atoms with Crippen LogP contribution < -0.4 is 20.9 Å². The molecule has 4 nitrogen and oxygen atoms in total. The van der Waals surface area contributed by atoms with Crippen molar-refractivity contribution in [2.75, 3.05) is 25.7 Å². The molecule has 0 saturated heterocycles. The van der Waals surface area contributed by atoms with E-state index in [-0.39, 0.29) is 0 Å². The molecule has 4 N–H and O–H groups in total. The Balaban J connectivity index is 0.000000200. The molecule has 0 aliphatic rings. The zero-order valence-electron chi connectivity index (χ0n) is 11.2. The summed E-state index contributed by atoms with van der Waals surface area (Å²) in [6.07, 6.45) is 0. The molecule has 0 bridgehead atoms. The van der Waals surface area contributed by atoms with E-state index < -0.39 is 0 Å². The van der Waals surface area contributed by atoms with E-state index in [4.69, 9.17) is 44.1 Å². The average molecular weight is 315 g/mol. The number of rotatable bonds is 2. The minimum Gasteiger partial charge on any atom is -0.495 e. The molecule has 0 aliphatic carbocycles. The molecule has 0 radical (unpaired) electrons. The van der Waals surface area contributed by atoms with Crippen molar-refractivity contribution in [1.82, 2.24) is 0 Å². The van der Waals surface area contributed by atoms with Gasteiger partial charge in [0.05, 0.1) is 25.6 Å². The highest BCUT2D eigenvalue weighted by Gasteiger charge is 1.97. The highest BCUT2D eigenvalue weighted by atomic mass is 35.5. The second-order valence-corrected chi connectivity index (χ2v) is 4.65. The topological polar surface area (TPSA) is 70.5 Å². The SMILES string of the molecule is COc1cc(Cl)ccc1N.COc1ccc(Cl)cc1N. The van der Waals surface area contributed by atoms with Crippen molar-refractivity contribution in [1.29, 1.82) is 0 Å². The highest BCUT2D eigenvalue weighted by Crippen LogP contribution is 2.24. The summed E-state index contributed by atoms with van der Waals surface area (Å²) in [5, 5.41) is 1.25. The lowest BCUT2D eigenvalue weighted by atomic mass is 10.3. The second kappa shape index (κ2) is 7.72. The number of nitrogen functional groups attached to an aromatic ring is 2. The Morgan fingerprint density at radius 3 is 1.80 bits per heavy atom. The Morgan fingerprint density at radius 1 is 0.750 bits per heavy atom. The van der Waals surface area contributed by atoms with Crippen LogP contribution in [0.15, 0.2) is 36.4 Å². The summed E-state index contributed by atoms with van der Waals surface area (Å²) in [7, 11) is 3.13. The van der Waals surface area contributed by atoms with Gasteiger partial charge in [-0.2, -0.15) is 0 Å². The molecule has 108 valence electrons. The summed E-state index contributed by atoms with van der Waals surface area (Å²) in [5.74, 6) is 1.27. The van der Waals surface area contributed by atoms with Crippen molar-refractivity contribution in [3.8, 4) is 11.5 Å². The lowest BCUT2D eigenvalue weighted by molar-refractivity contribution is 0.417. The number of nitrogens with two attached hydrogens (primary N) is 2. The van der Waals surface area contributed by atoms with Gasteiger partial charge in [0.1, 0.15) is 11.5 Å². The summed E-state index contributed by atoms with van der Waals surface area (Å²) in [6.45, 7) is 0. The van der Waals surface area contributed by atoms with Gasteiger partial charge in [0.25, 0.3) is 0 Å². The molecule has 0 fully saturated rings. The van der Waals surface area contributed by atoms with Gasteiger partial charge >= 0.3 is 0 Å². The number of anilines is 2. The van der Waals surface area contributed by atoms with Crippen molar-refractivity contribution in [3.63, 3.8) is 0 Å². The van der Waals surface area contributed by atoms with Crippen molar-refractivity contribution in [2.24, 2.45) is 0 Å². The summed E-state index contributed by atoms with van der Waals surface area (Å²) in [6, 6.07) is 10.2. The number of methoxy groups -OCH3 is 2. The fourth-order valence-electron chi connectivity index (χ4n) is 1.39. The number of hydrogen-bond acceptors (Lipinski definition) is 4. The van der Waals surface area contributed by atoms with Crippen LogP contribution in [0, 0.1) is 0 Å². The van der Waals surface area contributed by atoms with Crippen LogP contribution in [0.4, 0.5) is 11.4 Å². The van der Waals surface area contributed by atoms with Crippen LogP contribution in [0.3, 0.4) is 0 Å². The van der Waals surface area contributed by atoms with E-state index in [0.29, 0.717) is 32.9 Å². The van der Waals surface area contributed by atoms with Crippen LogP contribution >= 0.6 is 23.2 Å². The number of ether oxygens (including phenoxy) is 2. The number of hydrogen-bond donors (Lipinski definition) is 2. The zero-order chi connectivity index (χ0) is 15.1. The summed E-state index contributed by atoms with van der Waals surface area (Å²) < 4.78 is 9.83. The fourth-order valence-corrected chi connectivity index (χ4v) is 1.73. The van der Waals surface area contributed by atoms with Gasteiger partial charge in [-0.25, -0.2) is 0 Å². The van der Waals surface area contributed by atoms with Gasteiger partial charge in [0.2, 0.25) is 0 Å². The third kappa shape index (κ3) is 4.72. The van der Waals surface area contributed by atoms with Crippen molar-refractivity contribution in [3.05, 3.63) is 46.4 Å². The van der Waals surface area contributed by atoms with Crippen LogP contribution in [0.2, 0.25) is 10.0 Å². The minimum atomic E-state index is 0.565. The average Bonchev–Trinajstić information content (AvgIpc) is 2.42. The van der Waals surface area contributed by atoms with Crippen molar-refractivity contribution in [2.45, 2.75) is 0 Å². The zero-order valence-corrected chi connectivity index (χ0v) is 12.7. The van der Waals surface area contributed by atoms with Crippen LogP contribution in [0.25, 0.3) is 0 Å². The van der Waals surface area contributed by atoms with Crippen LogP contribution in [0.1, 0.15) is 0 Å². The van der Waals surface area contributed by atoms with Gasteiger partial charge in [-0.15, -0.1) is 0 Å². The molecule has 2 aromatic carbocycles. The predicted octanol–water partition coefficient (Wildman–Crippen LogP) is 3.86. The Labute approximate surface area is 128 Å². The molecule has 0 saturated carbocycles. The smallest absolute Gasteiger partial charge is 0.143 e. The first-order chi connectivity index (χ1) is 9.47. The molecule has 0 aromatic heterocycles. The summed E-state index contributed by atoms with van der Waals surface area (Å²) in [5.41, 5.74) is 12.2. The summed E-state index contributed by atoms with van der Waals surface area (Å²) in [4.78, 5) is 0. The van der Waals surface area contributed by atoms with Gasteiger partial charge in [-0.3, -0.25) is 0 Å². The first kappa shape index (κ1) is 16.3. The Hall–Kier alpha value is -1.78. The molecule has 0 spiro atoms. The molecule has 0 heterocycles. The van der Waals surface area contributed by atoms with Crippen LogP contribution in [0.5, 0.6) is 11.5 Å². The molecular formula is C14H16Cl2N2O2. The summed E-state index contributed by atoms with van der Waals surface area (Å²) >= 11 is 11.3.